The van der Waals surface area contributed by atoms with Crippen LogP contribution in [0.1, 0.15) is 31.7 Å². The summed E-state index contributed by atoms with van der Waals surface area (Å²) in [6.45, 7) is 1.86. The molecule has 0 saturated carbocycles. The van der Waals surface area contributed by atoms with E-state index in [9.17, 15) is 14.7 Å². The van der Waals surface area contributed by atoms with Crippen LogP contribution in [0.2, 0.25) is 0 Å². The molecule has 0 heterocycles. The number of hydrogen-bond donors (Lipinski definition) is 1. The van der Waals surface area contributed by atoms with E-state index >= 15 is 0 Å². The van der Waals surface area contributed by atoms with Crippen molar-refractivity contribution in [3.63, 3.8) is 0 Å². The molecule has 0 aliphatic carbocycles. The fourth-order valence-electron chi connectivity index (χ4n) is 2.25. The highest BCUT2D eigenvalue weighted by molar-refractivity contribution is 5.99. The molecule has 1 rings (SSSR count). The minimum atomic E-state index is -1.43. The minimum absolute atomic E-state index is 0.257. The number of esters is 1. The third-order valence-electron chi connectivity index (χ3n) is 3.35. The molecule has 0 amide bonds. The summed E-state index contributed by atoms with van der Waals surface area (Å²) < 4.78 is 4.70. The molecular formula is C15H20O4. The van der Waals surface area contributed by atoms with Gasteiger partial charge >= 0.3 is 11.9 Å². The number of carbonyl (C=O) groups excluding carboxylic acids is 1. The molecule has 0 spiro atoms. The van der Waals surface area contributed by atoms with Crippen LogP contribution >= 0.6 is 0 Å². The zero-order valence-corrected chi connectivity index (χ0v) is 11.4. The van der Waals surface area contributed by atoms with E-state index in [0.717, 1.165) is 5.56 Å². The predicted molar refractivity (Wildman–Crippen MR) is 71.8 cm³/mol. The van der Waals surface area contributed by atoms with E-state index in [1.807, 2.05) is 37.3 Å². The second kappa shape index (κ2) is 6.92. The van der Waals surface area contributed by atoms with Crippen molar-refractivity contribution in [1.29, 1.82) is 0 Å². The monoisotopic (exact) mass is 264 g/mol. The van der Waals surface area contributed by atoms with Crippen LogP contribution in [0.5, 0.6) is 0 Å². The Hall–Kier alpha value is -1.84. The average molecular weight is 264 g/mol. The van der Waals surface area contributed by atoms with Crippen LogP contribution in [0.25, 0.3) is 0 Å². The number of carboxylic acids is 1. The van der Waals surface area contributed by atoms with Crippen LogP contribution in [0.4, 0.5) is 0 Å². The van der Waals surface area contributed by atoms with Gasteiger partial charge in [-0.15, -0.1) is 0 Å². The number of rotatable bonds is 7. The second-order valence-corrected chi connectivity index (χ2v) is 4.61. The molecule has 0 saturated heterocycles. The standard InChI is InChI=1S/C15H20O4/c1-3-10-15(13(16)17,14(18)19-2)11-9-12-7-5-4-6-8-12/h4-8H,3,9-11H2,1-2H3,(H,16,17)/t15-/m1/s1. The smallest absolute Gasteiger partial charge is 0.323 e. The zero-order valence-electron chi connectivity index (χ0n) is 11.4. The largest absolute Gasteiger partial charge is 0.480 e. The van der Waals surface area contributed by atoms with Gasteiger partial charge in [-0.05, 0) is 24.8 Å². The Balaban J connectivity index is 2.90. The number of carbonyl (C=O) groups is 2. The quantitative estimate of drug-likeness (QED) is 0.607. The average Bonchev–Trinajstić information content (AvgIpc) is 2.43. The Bertz CT molecular complexity index is 427. The van der Waals surface area contributed by atoms with E-state index < -0.39 is 17.4 Å². The van der Waals surface area contributed by atoms with Gasteiger partial charge in [-0.2, -0.15) is 0 Å². The SMILES string of the molecule is CCC[C@@](CCc1ccccc1)(C(=O)O)C(=O)OC. The van der Waals surface area contributed by atoms with E-state index in [4.69, 9.17) is 4.74 Å². The van der Waals surface area contributed by atoms with Crippen LogP contribution in [-0.4, -0.2) is 24.2 Å². The van der Waals surface area contributed by atoms with E-state index in [2.05, 4.69) is 0 Å². The minimum Gasteiger partial charge on any atom is -0.480 e. The molecule has 1 atom stereocenters. The Morgan fingerprint density at radius 2 is 1.84 bits per heavy atom. The number of hydrogen-bond acceptors (Lipinski definition) is 3. The van der Waals surface area contributed by atoms with Gasteiger partial charge in [0.05, 0.1) is 7.11 Å². The van der Waals surface area contributed by atoms with E-state index in [-0.39, 0.29) is 6.42 Å². The van der Waals surface area contributed by atoms with Crippen molar-refractivity contribution in [2.75, 3.05) is 7.11 Å². The number of benzene rings is 1. The topological polar surface area (TPSA) is 63.6 Å². The first-order valence-corrected chi connectivity index (χ1v) is 6.42. The summed E-state index contributed by atoms with van der Waals surface area (Å²) >= 11 is 0. The van der Waals surface area contributed by atoms with Crippen molar-refractivity contribution in [2.45, 2.75) is 32.6 Å². The van der Waals surface area contributed by atoms with Crippen molar-refractivity contribution < 1.29 is 19.4 Å². The number of aryl methyl sites for hydroxylation is 1. The summed E-state index contributed by atoms with van der Waals surface area (Å²) in [5.74, 6) is -1.75. The van der Waals surface area contributed by atoms with Crippen LogP contribution in [0.3, 0.4) is 0 Å². The second-order valence-electron chi connectivity index (χ2n) is 4.61. The van der Waals surface area contributed by atoms with Crippen LogP contribution in [-0.2, 0) is 20.7 Å². The van der Waals surface area contributed by atoms with Crippen LogP contribution in [0, 0.1) is 5.41 Å². The summed E-state index contributed by atoms with van der Waals surface area (Å²) in [6, 6.07) is 9.55. The number of ether oxygens (including phenoxy) is 1. The maximum atomic E-state index is 11.9. The lowest BCUT2D eigenvalue weighted by atomic mass is 9.78. The molecule has 1 N–H and O–H groups in total. The number of methoxy groups -OCH3 is 1. The van der Waals surface area contributed by atoms with Gasteiger partial charge in [0.15, 0.2) is 5.41 Å². The van der Waals surface area contributed by atoms with Gasteiger partial charge in [-0.25, -0.2) is 0 Å². The molecule has 0 radical (unpaired) electrons. The van der Waals surface area contributed by atoms with Gasteiger partial charge in [-0.3, -0.25) is 9.59 Å². The van der Waals surface area contributed by atoms with E-state index in [1.54, 1.807) is 0 Å². The Morgan fingerprint density at radius 3 is 2.32 bits per heavy atom. The van der Waals surface area contributed by atoms with Gasteiger partial charge in [0.25, 0.3) is 0 Å². The number of carboxylic acid groups (broad SMARTS) is 1. The van der Waals surface area contributed by atoms with Gasteiger partial charge in [0.2, 0.25) is 0 Å². The molecule has 0 fully saturated rings. The van der Waals surface area contributed by atoms with Gasteiger partial charge in [-0.1, -0.05) is 43.7 Å². The van der Waals surface area contributed by atoms with E-state index in [0.29, 0.717) is 19.3 Å². The van der Waals surface area contributed by atoms with Crippen LogP contribution < -0.4 is 0 Å². The van der Waals surface area contributed by atoms with E-state index in [1.165, 1.54) is 7.11 Å². The Labute approximate surface area is 113 Å². The fraction of sp³-hybridized carbons (Fsp3) is 0.467. The first-order chi connectivity index (χ1) is 9.06. The molecule has 0 unspecified atom stereocenters. The molecule has 0 aliphatic rings. The highest BCUT2D eigenvalue weighted by atomic mass is 16.5. The molecule has 0 aliphatic heterocycles. The van der Waals surface area contributed by atoms with Crippen LogP contribution in [0.15, 0.2) is 30.3 Å². The van der Waals surface area contributed by atoms with Gasteiger partial charge in [0.1, 0.15) is 0 Å². The Morgan fingerprint density at radius 1 is 1.21 bits per heavy atom. The fourth-order valence-corrected chi connectivity index (χ4v) is 2.25. The molecule has 4 nitrogen and oxygen atoms in total. The lowest BCUT2D eigenvalue weighted by molar-refractivity contribution is -0.168. The van der Waals surface area contributed by atoms with Gasteiger partial charge in [0, 0.05) is 0 Å². The van der Waals surface area contributed by atoms with Crippen molar-refractivity contribution in [1.82, 2.24) is 0 Å². The molecule has 19 heavy (non-hydrogen) atoms. The van der Waals surface area contributed by atoms with Crippen molar-refractivity contribution >= 4 is 11.9 Å². The summed E-state index contributed by atoms with van der Waals surface area (Å²) in [5.41, 5.74) is -0.410. The highest BCUT2D eigenvalue weighted by Gasteiger charge is 2.46. The van der Waals surface area contributed by atoms with Crippen molar-refractivity contribution in [3.05, 3.63) is 35.9 Å². The van der Waals surface area contributed by atoms with Gasteiger partial charge < -0.3 is 9.84 Å². The molecule has 0 aromatic heterocycles. The third kappa shape index (κ3) is 3.56. The molecule has 104 valence electrons. The molecule has 1 aromatic carbocycles. The Kier molecular flexibility index (Phi) is 5.55. The van der Waals surface area contributed by atoms with Crippen molar-refractivity contribution in [3.8, 4) is 0 Å². The molecule has 0 bridgehead atoms. The summed E-state index contributed by atoms with van der Waals surface area (Å²) in [6.07, 6.45) is 1.72. The lowest BCUT2D eigenvalue weighted by Crippen LogP contribution is -2.40. The maximum absolute atomic E-state index is 11.9. The normalized spacial score (nSPS) is 13.6. The summed E-state index contributed by atoms with van der Waals surface area (Å²) in [4.78, 5) is 23.4. The molecule has 1 aromatic rings. The summed E-state index contributed by atoms with van der Waals surface area (Å²) in [7, 11) is 1.23. The summed E-state index contributed by atoms with van der Waals surface area (Å²) in [5, 5.41) is 9.43. The first kappa shape index (κ1) is 15.2. The first-order valence-electron chi connectivity index (χ1n) is 6.42. The predicted octanol–water partition coefficient (Wildman–Crippen LogP) is 2.66. The molecule has 4 heteroatoms. The third-order valence-corrected chi connectivity index (χ3v) is 3.35. The number of aliphatic carboxylic acids is 1. The molecular weight excluding hydrogens is 244 g/mol. The zero-order chi connectivity index (χ0) is 14.3. The highest BCUT2D eigenvalue weighted by Crippen LogP contribution is 2.32. The maximum Gasteiger partial charge on any atom is 0.323 e. The lowest BCUT2D eigenvalue weighted by Gasteiger charge is -2.26. The van der Waals surface area contributed by atoms with Crippen molar-refractivity contribution in [2.24, 2.45) is 5.41 Å².